The normalized spacial score (nSPS) is 24.9. The van der Waals surface area contributed by atoms with Gasteiger partial charge in [-0.05, 0) is 11.1 Å². The number of allylic oxidation sites excluding steroid dienone is 1. The average Bonchev–Trinajstić information content (AvgIpc) is 3.16. The number of benzene rings is 1. The highest BCUT2D eigenvalue weighted by Crippen LogP contribution is 2.68. The van der Waals surface area contributed by atoms with E-state index in [0.717, 1.165) is 11.1 Å². The molecule has 1 saturated carbocycles. The van der Waals surface area contributed by atoms with Crippen LogP contribution in [0.25, 0.3) is 6.08 Å². The second-order valence-corrected chi connectivity index (χ2v) is 4.84. The molecule has 2 aliphatic carbocycles. The minimum Gasteiger partial charge on any atom is -0.468 e. The maximum atomic E-state index is 12.1. The lowest BCUT2D eigenvalue weighted by Crippen LogP contribution is -2.31. The minimum absolute atomic E-state index is 0.165. The first kappa shape index (κ1) is 12.0. The van der Waals surface area contributed by atoms with Crippen LogP contribution in [-0.2, 0) is 19.1 Å². The van der Waals surface area contributed by atoms with Gasteiger partial charge in [-0.15, -0.1) is 0 Å². The molecule has 0 spiro atoms. The molecule has 2 aliphatic rings. The van der Waals surface area contributed by atoms with Crippen molar-refractivity contribution < 1.29 is 19.1 Å². The van der Waals surface area contributed by atoms with Gasteiger partial charge < -0.3 is 9.47 Å². The highest BCUT2D eigenvalue weighted by atomic mass is 16.5. The predicted octanol–water partition coefficient (Wildman–Crippen LogP) is 1.76. The van der Waals surface area contributed by atoms with Crippen LogP contribution in [-0.4, -0.2) is 26.2 Å². The number of carbonyl (C=O) groups is 2. The number of carbonyl (C=O) groups excluding carboxylic acids is 2. The summed E-state index contributed by atoms with van der Waals surface area (Å²) < 4.78 is 9.67. The Hall–Kier alpha value is -2.10. The highest BCUT2D eigenvalue weighted by molar-refractivity contribution is 6.07. The molecule has 4 nitrogen and oxygen atoms in total. The Kier molecular flexibility index (Phi) is 2.49. The number of fused-ring (bicyclic) bond motifs is 3. The van der Waals surface area contributed by atoms with Crippen molar-refractivity contribution in [2.45, 2.75) is 5.92 Å². The van der Waals surface area contributed by atoms with Crippen LogP contribution in [0.2, 0.25) is 0 Å². The van der Waals surface area contributed by atoms with Gasteiger partial charge in [-0.2, -0.15) is 0 Å². The van der Waals surface area contributed by atoms with Gasteiger partial charge in [0.1, 0.15) is 0 Å². The summed E-state index contributed by atoms with van der Waals surface area (Å²) in [5, 5.41) is 0. The highest BCUT2D eigenvalue weighted by Gasteiger charge is 2.76. The number of rotatable bonds is 2. The van der Waals surface area contributed by atoms with E-state index in [0.29, 0.717) is 0 Å². The molecule has 1 aromatic rings. The molecule has 3 rings (SSSR count). The number of ether oxygens (including phenoxy) is 2. The maximum Gasteiger partial charge on any atom is 0.324 e. The van der Waals surface area contributed by atoms with E-state index < -0.39 is 17.4 Å². The van der Waals surface area contributed by atoms with Gasteiger partial charge in [0, 0.05) is 11.8 Å². The van der Waals surface area contributed by atoms with Crippen molar-refractivity contribution in [2.75, 3.05) is 14.2 Å². The van der Waals surface area contributed by atoms with Gasteiger partial charge in [0.25, 0.3) is 0 Å². The molecule has 0 aliphatic heterocycles. The van der Waals surface area contributed by atoms with Crippen molar-refractivity contribution in [2.24, 2.45) is 11.3 Å². The van der Waals surface area contributed by atoms with Gasteiger partial charge >= 0.3 is 11.9 Å². The molecule has 1 fully saturated rings. The number of hydrogen-bond donors (Lipinski definition) is 0. The van der Waals surface area contributed by atoms with E-state index >= 15 is 0 Å². The number of hydrogen-bond acceptors (Lipinski definition) is 4. The van der Waals surface area contributed by atoms with Crippen LogP contribution in [0.5, 0.6) is 0 Å². The molecule has 2 unspecified atom stereocenters. The summed E-state index contributed by atoms with van der Waals surface area (Å²) in [4.78, 5) is 24.2. The van der Waals surface area contributed by atoms with Crippen LogP contribution in [0.3, 0.4) is 0 Å². The smallest absolute Gasteiger partial charge is 0.324 e. The van der Waals surface area contributed by atoms with E-state index in [1.807, 2.05) is 36.4 Å². The van der Waals surface area contributed by atoms with E-state index in [1.54, 1.807) is 0 Å². The van der Waals surface area contributed by atoms with Gasteiger partial charge in [0.15, 0.2) is 5.41 Å². The van der Waals surface area contributed by atoms with Crippen LogP contribution < -0.4 is 0 Å². The molecule has 0 radical (unpaired) electrons. The quantitative estimate of drug-likeness (QED) is 0.599. The molecule has 2 atom stereocenters. The molecule has 1 aromatic carbocycles. The van der Waals surface area contributed by atoms with Crippen molar-refractivity contribution in [1.29, 1.82) is 0 Å². The van der Waals surface area contributed by atoms with Crippen molar-refractivity contribution in [3.63, 3.8) is 0 Å². The van der Waals surface area contributed by atoms with Crippen molar-refractivity contribution in [1.82, 2.24) is 0 Å². The van der Waals surface area contributed by atoms with Gasteiger partial charge in [-0.25, -0.2) is 0 Å². The molecule has 0 saturated heterocycles. The molecular weight excluding hydrogens is 244 g/mol. The number of esters is 2. The van der Waals surface area contributed by atoms with Gasteiger partial charge in [0.05, 0.1) is 14.2 Å². The Morgan fingerprint density at radius 2 is 1.74 bits per heavy atom. The summed E-state index contributed by atoms with van der Waals surface area (Å²) in [6.45, 7) is 0. The van der Waals surface area contributed by atoms with E-state index in [-0.39, 0.29) is 11.8 Å². The zero-order chi connectivity index (χ0) is 13.6. The summed E-state index contributed by atoms with van der Waals surface area (Å²) in [7, 11) is 2.60. The second-order valence-electron chi connectivity index (χ2n) is 4.84. The monoisotopic (exact) mass is 258 g/mol. The molecule has 0 aromatic heterocycles. The zero-order valence-corrected chi connectivity index (χ0v) is 10.8. The Bertz CT molecular complexity index is 572. The lowest BCUT2D eigenvalue weighted by Gasteiger charge is -2.13. The Morgan fingerprint density at radius 3 is 2.37 bits per heavy atom. The first-order valence-corrected chi connectivity index (χ1v) is 6.12. The van der Waals surface area contributed by atoms with E-state index in [4.69, 9.17) is 9.47 Å². The lowest BCUT2D eigenvalue weighted by atomic mass is 9.95. The van der Waals surface area contributed by atoms with Crippen LogP contribution in [0.4, 0.5) is 0 Å². The van der Waals surface area contributed by atoms with Gasteiger partial charge in [-0.3, -0.25) is 9.59 Å². The molecule has 0 amide bonds. The van der Waals surface area contributed by atoms with E-state index in [9.17, 15) is 9.59 Å². The summed E-state index contributed by atoms with van der Waals surface area (Å²) in [5.41, 5.74) is 0.844. The SMILES string of the molecule is COC(=O)C1(C(=O)OC)C2C=Cc3ccccc3C21. The summed E-state index contributed by atoms with van der Waals surface area (Å²) in [5.74, 6) is -1.37. The van der Waals surface area contributed by atoms with Crippen molar-refractivity contribution in [3.05, 3.63) is 41.5 Å². The van der Waals surface area contributed by atoms with Gasteiger partial charge in [0.2, 0.25) is 0 Å². The third-order valence-electron chi connectivity index (χ3n) is 4.13. The summed E-state index contributed by atoms with van der Waals surface area (Å²) in [6.07, 6.45) is 3.85. The molecule has 0 bridgehead atoms. The topological polar surface area (TPSA) is 52.6 Å². The predicted molar refractivity (Wildman–Crippen MR) is 68.2 cm³/mol. The Balaban J connectivity index is 2.11. The maximum absolute atomic E-state index is 12.1. The second kappa shape index (κ2) is 3.95. The first-order valence-electron chi connectivity index (χ1n) is 6.12. The van der Waals surface area contributed by atoms with Gasteiger partial charge in [-0.1, -0.05) is 36.4 Å². The fourth-order valence-corrected chi connectivity index (χ4v) is 3.22. The Morgan fingerprint density at radius 1 is 1.11 bits per heavy atom. The summed E-state index contributed by atoms with van der Waals surface area (Å²) >= 11 is 0. The average molecular weight is 258 g/mol. The largest absolute Gasteiger partial charge is 0.468 e. The molecule has 98 valence electrons. The lowest BCUT2D eigenvalue weighted by molar-refractivity contribution is -0.162. The fourth-order valence-electron chi connectivity index (χ4n) is 3.22. The zero-order valence-electron chi connectivity index (χ0n) is 10.8. The fraction of sp³-hybridized carbons (Fsp3) is 0.333. The standard InChI is InChI=1S/C15H14O4/c1-18-13(16)15(14(17)19-2)11-8-7-9-5-3-4-6-10(9)12(11)15/h3-8,11-12H,1-2H3. The third-order valence-corrected chi connectivity index (χ3v) is 4.13. The first-order chi connectivity index (χ1) is 9.17. The van der Waals surface area contributed by atoms with Crippen molar-refractivity contribution >= 4 is 18.0 Å². The Labute approximate surface area is 111 Å². The molecule has 4 heteroatoms. The number of methoxy groups -OCH3 is 2. The van der Waals surface area contributed by atoms with E-state index in [1.165, 1.54) is 14.2 Å². The molecule has 0 N–H and O–H groups in total. The molecule has 19 heavy (non-hydrogen) atoms. The van der Waals surface area contributed by atoms with Crippen LogP contribution in [0, 0.1) is 11.3 Å². The molecule has 0 heterocycles. The summed E-state index contributed by atoms with van der Waals surface area (Å²) in [6, 6.07) is 7.76. The van der Waals surface area contributed by atoms with Crippen LogP contribution in [0.1, 0.15) is 17.0 Å². The minimum atomic E-state index is -1.20. The van der Waals surface area contributed by atoms with Crippen LogP contribution in [0.15, 0.2) is 30.3 Å². The third kappa shape index (κ3) is 1.34. The molecular formula is C15H14O4. The van der Waals surface area contributed by atoms with E-state index in [2.05, 4.69) is 0 Å². The van der Waals surface area contributed by atoms with Crippen LogP contribution >= 0.6 is 0 Å². The van der Waals surface area contributed by atoms with Crippen molar-refractivity contribution in [3.8, 4) is 0 Å².